The van der Waals surface area contributed by atoms with E-state index in [2.05, 4.69) is 35.6 Å². The Balaban J connectivity index is 1.30. The van der Waals surface area contributed by atoms with Crippen molar-refractivity contribution in [1.82, 2.24) is 29.8 Å². The Hall–Kier alpha value is -4.22. The van der Waals surface area contributed by atoms with Crippen molar-refractivity contribution in [3.8, 4) is 0 Å². The molecule has 174 valence electrons. The third-order valence-electron chi connectivity index (χ3n) is 5.34. The van der Waals surface area contributed by atoms with E-state index in [0.29, 0.717) is 39.9 Å². The van der Waals surface area contributed by atoms with E-state index in [1.54, 1.807) is 30.6 Å². The van der Waals surface area contributed by atoms with Gasteiger partial charge < -0.3 is 20.5 Å². The monoisotopic (exact) mass is 468 g/mol. The Morgan fingerprint density at radius 1 is 0.971 bits per heavy atom. The highest BCUT2D eigenvalue weighted by Crippen LogP contribution is 2.28. The topological polar surface area (TPSA) is 112 Å². The Morgan fingerprint density at radius 3 is 2.50 bits per heavy atom. The summed E-state index contributed by atoms with van der Waals surface area (Å²) >= 11 is 0. The van der Waals surface area contributed by atoms with Gasteiger partial charge in [0, 0.05) is 30.9 Å². The van der Waals surface area contributed by atoms with Crippen molar-refractivity contribution in [2.75, 3.05) is 23.7 Å². The third-order valence-corrected chi connectivity index (χ3v) is 5.34. The van der Waals surface area contributed by atoms with Crippen molar-refractivity contribution in [1.29, 1.82) is 0 Å². The lowest BCUT2D eigenvalue weighted by Crippen LogP contribution is -2.27. The molecule has 1 aliphatic rings. The van der Waals surface area contributed by atoms with Gasteiger partial charge in [-0.15, -0.1) is 0 Å². The minimum atomic E-state index is -4.50. The second-order valence-electron chi connectivity index (χ2n) is 7.78. The molecule has 0 spiro atoms. The fourth-order valence-electron chi connectivity index (χ4n) is 3.68. The molecule has 3 N–H and O–H groups in total. The number of anilines is 4. The number of carbonyl (C=O) groups excluding carboxylic acids is 1. The van der Waals surface area contributed by atoms with Gasteiger partial charge in [0.25, 0.3) is 5.91 Å². The normalized spacial score (nSPS) is 13.9. The molecule has 0 aliphatic carbocycles. The number of carbonyl (C=O) groups is 1. The summed E-state index contributed by atoms with van der Waals surface area (Å²) in [7, 11) is 0. The lowest BCUT2D eigenvalue weighted by atomic mass is 10.2. The van der Waals surface area contributed by atoms with Gasteiger partial charge in [0.05, 0.1) is 29.1 Å². The predicted octanol–water partition coefficient (Wildman–Crippen LogP) is 4.49. The molecule has 12 heteroatoms. The quantitative estimate of drug-likeness (QED) is 0.396. The maximum atomic E-state index is 12.7. The summed E-state index contributed by atoms with van der Waals surface area (Å²) in [6, 6.07) is 7.18. The summed E-state index contributed by atoms with van der Waals surface area (Å²) in [5.74, 6) is 1.24. The van der Waals surface area contributed by atoms with Crippen molar-refractivity contribution in [3.05, 3.63) is 60.2 Å². The summed E-state index contributed by atoms with van der Waals surface area (Å²) in [5, 5.41) is 5.97. The van der Waals surface area contributed by atoms with Crippen LogP contribution in [0.4, 0.5) is 36.4 Å². The van der Waals surface area contributed by atoms with E-state index in [4.69, 9.17) is 0 Å². The first-order valence-electron chi connectivity index (χ1n) is 10.5. The second-order valence-corrected chi connectivity index (χ2v) is 7.78. The molecule has 4 aromatic heterocycles. The number of aromatic amines is 1. The summed E-state index contributed by atoms with van der Waals surface area (Å²) < 4.78 is 38.0. The summed E-state index contributed by atoms with van der Waals surface area (Å²) in [6.45, 7) is 1.53. The van der Waals surface area contributed by atoms with Crippen LogP contribution in [0, 0.1) is 0 Å². The number of imidazole rings is 1. The van der Waals surface area contributed by atoms with Crippen LogP contribution >= 0.6 is 0 Å². The molecular weight excluding hydrogens is 449 g/mol. The maximum Gasteiger partial charge on any atom is 0.433 e. The van der Waals surface area contributed by atoms with E-state index in [-0.39, 0.29) is 5.91 Å². The number of likely N-dealkylation sites (tertiary alicyclic amines) is 1. The van der Waals surface area contributed by atoms with Crippen LogP contribution in [0.15, 0.2) is 48.9 Å². The molecule has 0 radical (unpaired) electrons. The van der Waals surface area contributed by atoms with Crippen molar-refractivity contribution in [2.24, 2.45) is 0 Å². The molecule has 0 saturated carbocycles. The van der Waals surface area contributed by atoms with Crippen molar-refractivity contribution in [3.63, 3.8) is 0 Å². The number of nitrogens with zero attached hydrogens (tertiary/aromatic N) is 5. The van der Waals surface area contributed by atoms with Gasteiger partial charge in [-0.1, -0.05) is 0 Å². The zero-order chi connectivity index (χ0) is 23.7. The number of aromatic nitrogens is 5. The first-order valence-corrected chi connectivity index (χ1v) is 10.5. The van der Waals surface area contributed by atoms with Crippen LogP contribution in [0.5, 0.6) is 0 Å². The average Bonchev–Trinajstić information content (AvgIpc) is 3.48. The van der Waals surface area contributed by atoms with Crippen LogP contribution in [0.25, 0.3) is 11.0 Å². The highest BCUT2D eigenvalue weighted by Gasteiger charge is 2.32. The molecule has 5 rings (SSSR count). The van der Waals surface area contributed by atoms with E-state index in [1.165, 1.54) is 6.07 Å². The molecule has 1 aliphatic heterocycles. The third kappa shape index (κ3) is 4.60. The smallest absolute Gasteiger partial charge is 0.339 e. The molecule has 9 nitrogen and oxygen atoms in total. The molecule has 0 atom stereocenters. The van der Waals surface area contributed by atoms with E-state index < -0.39 is 11.9 Å². The molecule has 1 amide bonds. The molecule has 0 aromatic carbocycles. The number of pyridine rings is 3. The van der Waals surface area contributed by atoms with Crippen LogP contribution in [-0.4, -0.2) is 48.8 Å². The van der Waals surface area contributed by atoms with Gasteiger partial charge in [-0.2, -0.15) is 13.2 Å². The van der Waals surface area contributed by atoms with Crippen LogP contribution < -0.4 is 10.6 Å². The molecule has 4 aromatic rings. The molecule has 0 unspecified atom stereocenters. The van der Waals surface area contributed by atoms with E-state index in [1.807, 2.05) is 4.90 Å². The predicted molar refractivity (Wildman–Crippen MR) is 119 cm³/mol. The van der Waals surface area contributed by atoms with Gasteiger partial charge in [-0.3, -0.25) is 4.79 Å². The Bertz CT molecular complexity index is 1330. The number of alkyl halides is 3. The van der Waals surface area contributed by atoms with Crippen LogP contribution in [0.3, 0.4) is 0 Å². The highest BCUT2D eigenvalue weighted by molar-refractivity contribution is 5.95. The van der Waals surface area contributed by atoms with E-state index >= 15 is 0 Å². The van der Waals surface area contributed by atoms with Crippen LogP contribution in [0.1, 0.15) is 28.9 Å². The van der Waals surface area contributed by atoms with Gasteiger partial charge in [-0.05, 0) is 37.1 Å². The fourth-order valence-corrected chi connectivity index (χ4v) is 3.68. The molecule has 1 saturated heterocycles. The number of hydrogen-bond donors (Lipinski definition) is 3. The summed E-state index contributed by atoms with van der Waals surface area (Å²) in [5.41, 5.74) is 1.16. The standard InChI is InChI=1S/C22H19F3N8O/c23-22(24,25)17-4-3-14(11-27-17)29-19-10-15-16(12-28-19)31-21(30-15)32-18-9-13(5-6-26-18)20(34)33-7-1-2-8-33/h3-6,9-12H,1-2,7-8H2,(H,28,29)(H2,26,30,31,32). The van der Waals surface area contributed by atoms with Gasteiger partial charge in [0.15, 0.2) is 0 Å². The summed E-state index contributed by atoms with van der Waals surface area (Å²) in [6.07, 6.45) is 1.74. The van der Waals surface area contributed by atoms with Gasteiger partial charge >= 0.3 is 6.18 Å². The number of nitrogens with one attached hydrogen (secondary N) is 3. The van der Waals surface area contributed by atoms with Gasteiger partial charge in [0.2, 0.25) is 5.95 Å². The lowest BCUT2D eigenvalue weighted by Gasteiger charge is -2.15. The minimum absolute atomic E-state index is 0.0229. The average molecular weight is 468 g/mol. The number of halogens is 3. The number of amides is 1. The van der Waals surface area contributed by atoms with E-state index in [9.17, 15) is 18.0 Å². The molecule has 0 bridgehead atoms. The van der Waals surface area contributed by atoms with Crippen molar-refractivity contribution < 1.29 is 18.0 Å². The molecule has 5 heterocycles. The van der Waals surface area contributed by atoms with Gasteiger partial charge in [-0.25, -0.2) is 19.9 Å². The fraction of sp³-hybridized carbons (Fsp3) is 0.227. The molecule has 34 heavy (non-hydrogen) atoms. The maximum absolute atomic E-state index is 12.7. The Morgan fingerprint density at radius 2 is 1.76 bits per heavy atom. The number of rotatable bonds is 5. The first-order chi connectivity index (χ1) is 16.3. The largest absolute Gasteiger partial charge is 0.433 e. The Labute approximate surface area is 191 Å². The molecule has 1 fully saturated rings. The van der Waals surface area contributed by atoms with E-state index in [0.717, 1.165) is 38.2 Å². The first kappa shape index (κ1) is 21.6. The minimum Gasteiger partial charge on any atom is -0.339 e. The molecular formula is C22H19F3N8O. The second kappa shape index (κ2) is 8.61. The number of hydrogen-bond acceptors (Lipinski definition) is 7. The zero-order valence-corrected chi connectivity index (χ0v) is 17.7. The number of fused-ring (bicyclic) bond motifs is 1. The van der Waals surface area contributed by atoms with Crippen LogP contribution in [-0.2, 0) is 6.18 Å². The highest BCUT2D eigenvalue weighted by atomic mass is 19.4. The lowest BCUT2D eigenvalue weighted by molar-refractivity contribution is -0.141. The van der Waals surface area contributed by atoms with Gasteiger partial charge in [0.1, 0.15) is 17.3 Å². The van der Waals surface area contributed by atoms with Crippen molar-refractivity contribution in [2.45, 2.75) is 19.0 Å². The summed E-state index contributed by atoms with van der Waals surface area (Å²) in [4.78, 5) is 33.9. The number of H-pyrrole nitrogens is 1. The SMILES string of the molecule is O=C(c1ccnc(Nc2nc3cc(Nc4ccc(C(F)(F)F)nc4)ncc3[nH]2)c1)N1CCCC1. The van der Waals surface area contributed by atoms with Crippen LogP contribution in [0.2, 0.25) is 0 Å². The zero-order valence-electron chi connectivity index (χ0n) is 17.7. The Kier molecular flexibility index (Phi) is 5.48. The van der Waals surface area contributed by atoms with Crippen molar-refractivity contribution >= 4 is 40.2 Å².